The summed E-state index contributed by atoms with van der Waals surface area (Å²) >= 11 is 0. The summed E-state index contributed by atoms with van der Waals surface area (Å²) in [4.78, 5) is 17.7. The molecular formula is C19H24N2O3. The van der Waals surface area contributed by atoms with Crippen LogP contribution in [0.15, 0.2) is 24.3 Å². The maximum atomic E-state index is 12.4. The molecule has 0 saturated carbocycles. The highest BCUT2D eigenvalue weighted by atomic mass is 16.3. The highest BCUT2D eigenvalue weighted by molar-refractivity contribution is 5.85. The van der Waals surface area contributed by atoms with E-state index in [1.54, 1.807) is 4.90 Å². The Kier molecular flexibility index (Phi) is 3.66. The van der Waals surface area contributed by atoms with Crippen LogP contribution < -0.4 is 0 Å². The van der Waals surface area contributed by atoms with Crippen LogP contribution in [0.1, 0.15) is 31.0 Å². The van der Waals surface area contributed by atoms with E-state index in [1.807, 2.05) is 19.1 Å². The number of aromatic nitrogens is 1. The van der Waals surface area contributed by atoms with Crippen LogP contribution in [-0.4, -0.2) is 51.3 Å². The number of aryl methyl sites for hydroxylation is 1. The third kappa shape index (κ3) is 2.19. The van der Waals surface area contributed by atoms with Crippen LogP contribution in [-0.2, 0) is 17.6 Å². The predicted octanol–water partition coefficient (Wildman–Crippen LogP) is 1.62. The van der Waals surface area contributed by atoms with Crippen molar-refractivity contribution >= 4 is 16.8 Å². The number of benzene rings is 1. The van der Waals surface area contributed by atoms with Gasteiger partial charge in [-0.1, -0.05) is 25.1 Å². The molecule has 3 atom stereocenters. The van der Waals surface area contributed by atoms with Crippen molar-refractivity contribution in [3.8, 4) is 0 Å². The largest absolute Gasteiger partial charge is 0.389 e. The number of piperidine rings is 1. The van der Waals surface area contributed by atoms with Gasteiger partial charge in [-0.2, -0.15) is 0 Å². The number of para-hydroxylation sites is 1. The van der Waals surface area contributed by atoms with Crippen LogP contribution in [0.25, 0.3) is 10.9 Å². The standard InChI is InChI=1S/C19H24N2O3/c1-2-19-9-7-15-13(12-5-3-4-6-14(12)20-15)8-10-21(11-19)18(24)16(22)17(19)23/h3-6,16-17,20,22-23H,2,7-11H2,1H3. The van der Waals surface area contributed by atoms with Gasteiger partial charge in [0.15, 0.2) is 6.10 Å². The van der Waals surface area contributed by atoms with Crippen LogP contribution in [0, 0.1) is 5.41 Å². The Morgan fingerprint density at radius 3 is 2.88 bits per heavy atom. The van der Waals surface area contributed by atoms with Crippen molar-refractivity contribution in [2.75, 3.05) is 13.1 Å². The van der Waals surface area contributed by atoms with Gasteiger partial charge in [0.2, 0.25) is 0 Å². The van der Waals surface area contributed by atoms with Gasteiger partial charge in [0.25, 0.3) is 5.91 Å². The molecule has 5 heteroatoms. The Balaban J connectivity index is 1.79. The number of fused-ring (bicyclic) bond motifs is 5. The molecule has 2 aliphatic rings. The first-order chi connectivity index (χ1) is 11.6. The predicted molar refractivity (Wildman–Crippen MR) is 91.6 cm³/mol. The third-order valence-corrected chi connectivity index (χ3v) is 6.11. The molecule has 4 rings (SSSR count). The van der Waals surface area contributed by atoms with Gasteiger partial charge in [-0.05, 0) is 37.3 Å². The number of carbonyl (C=O) groups is 1. The van der Waals surface area contributed by atoms with E-state index in [4.69, 9.17) is 0 Å². The number of carbonyl (C=O) groups excluding carboxylic acids is 1. The maximum absolute atomic E-state index is 12.4. The summed E-state index contributed by atoms with van der Waals surface area (Å²) in [5, 5.41) is 22.1. The van der Waals surface area contributed by atoms with E-state index in [1.165, 1.54) is 16.6 Å². The lowest BCUT2D eigenvalue weighted by atomic mass is 9.70. The number of aliphatic hydroxyl groups is 2. The van der Waals surface area contributed by atoms with Gasteiger partial charge in [0.1, 0.15) is 0 Å². The van der Waals surface area contributed by atoms with Gasteiger partial charge in [-0.3, -0.25) is 4.79 Å². The van der Waals surface area contributed by atoms with E-state index in [-0.39, 0.29) is 5.91 Å². The summed E-state index contributed by atoms with van der Waals surface area (Å²) in [5.41, 5.74) is 3.15. The van der Waals surface area contributed by atoms with Crippen LogP contribution in [0.2, 0.25) is 0 Å². The van der Waals surface area contributed by atoms with E-state index >= 15 is 0 Å². The molecule has 1 aromatic heterocycles. The summed E-state index contributed by atoms with van der Waals surface area (Å²) < 4.78 is 0. The first-order valence-corrected chi connectivity index (χ1v) is 8.79. The molecule has 1 amide bonds. The molecule has 1 fully saturated rings. The number of aliphatic hydroxyl groups excluding tert-OH is 2. The van der Waals surface area contributed by atoms with Crippen molar-refractivity contribution in [2.45, 2.75) is 44.8 Å². The molecule has 0 aliphatic carbocycles. The quantitative estimate of drug-likeness (QED) is 0.744. The fourth-order valence-corrected chi connectivity index (χ4v) is 4.50. The molecule has 3 N–H and O–H groups in total. The van der Waals surface area contributed by atoms with Gasteiger partial charge in [-0.15, -0.1) is 0 Å². The Hall–Kier alpha value is -1.85. The number of hydrogen-bond donors (Lipinski definition) is 3. The van der Waals surface area contributed by atoms with E-state index in [9.17, 15) is 15.0 Å². The minimum absolute atomic E-state index is 0.338. The molecule has 2 aromatic rings. The number of hydrogen-bond acceptors (Lipinski definition) is 3. The number of H-pyrrole nitrogens is 1. The Morgan fingerprint density at radius 2 is 2.08 bits per heavy atom. The molecule has 0 spiro atoms. The lowest BCUT2D eigenvalue weighted by Crippen LogP contribution is -2.62. The van der Waals surface area contributed by atoms with Crippen LogP contribution in [0.4, 0.5) is 0 Å². The molecular weight excluding hydrogens is 304 g/mol. The molecule has 5 nitrogen and oxygen atoms in total. The van der Waals surface area contributed by atoms with Crippen molar-refractivity contribution in [1.29, 1.82) is 0 Å². The van der Waals surface area contributed by atoms with E-state index < -0.39 is 17.6 Å². The molecule has 1 saturated heterocycles. The minimum atomic E-state index is -1.30. The van der Waals surface area contributed by atoms with Crippen LogP contribution in [0.5, 0.6) is 0 Å². The van der Waals surface area contributed by atoms with E-state index in [0.29, 0.717) is 13.1 Å². The smallest absolute Gasteiger partial charge is 0.254 e. The topological polar surface area (TPSA) is 76.6 Å². The second-order valence-electron chi connectivity index (χ2n) is 7.24. The normalized spacial score (nSPS) is 30.6. The van der Waals surface area contributed by atoms with Gasteiger partial charge < -0.3 is 20.1 Å². The number of nitrogens with zero attached hydrogens (tertiary/aromatic N) is 1. The second kappa shape index (κ2) is 5.60. The van der Waals surface area contributed by atoms with Crippen molar-refractivity contribution in [2.24, 2.45) is 5.41 Å². The van der Waals surface area contributed by atoms with Crippen molar-refractivity contribution in [1.82, 2.24) is 9.88 Å². The summed E-state index contributed by atoms with van der Waals surface area (Å²) in [7, 11) is 0. The summed E-state index contributed by atoms with van der Waals surface area (Å²) in [6.07, 6.45) is 0.803. The minimum Gasteiger partial charge on any atom is -0.389 e. The zero-order valence-electron chi connectivity index (χ0n) is 14.0. The summed E-state index contributed by atoms with van der Waals surface area (Å²) in [5.74, 6) is -0.338. The van der Waals surface area contributed by atoms with E-state index in [0.717, 1.165) is 31.2 Å². The SMILES string of the molecule is CCC12CCc3[nH]c4ccccc4c3CCN(C1)C(=O)C(O)C2O. The number of amides is 1. The van der Waals surface area contributed by atoms with Crippen molar-refractivity contribution < 1.29 is 15.0 Å². The average molecular weight is 328 g/mol. The Bertz CT molecular complexity index is 784. The number of nitrogens with one attached hydrogen (secondary N) is 1. The fourth-order valence-electron chi connectivity index (χ4n) is 4.50. The Morgan fingerprint density at radius 1 is 1.29 bits per heavy atom. The molecule has 24 heavy (non-hydrogen) atoms. The van der Waals surface area contributed by atoms with Crippen molar-refractivity contribution in [3.63, 3.8) is 0 Å². The number of rotatable bonds is 1. The molecule has 0 radical (unpaired) electrons. The number of aromatic amines is 1. The van der Waals surface area contributed by atoms with Crippen molar-refractivity contribution in [3.05, 3.63) is 35.5 Å². The third-order valence-electron chi connectivity index (χ3n) is 6.11. The van der Waals surface area contributed by atoms with Crippen LogP contribution >= 0.6 is 0 Å². The Labute approximate surface area is 141 Å². The zero-order chi connectivity index (χ0) is 16.9. The zero-order valence-corrected chi connectivity index (χ0v) is 14.0. The van der Waals surface area contributed by atoms with Gasteiger partial charge in [0, 0.05) is 35.1 Å². The van der Waals surface area contributed by atoms with Gasteiger partial charge in [-0.25, -0.2) is 0 Å². The summed E-state index contributed by atoms with van der Waals surface area (Å²) in [6, 6.07) is 8.25. The summed E-state index contributed by atoms with van der Waals surface area (Å²) in [6.45, 7) is 3.15. The second-order valence-corrected chi connectivity index (χ2v) is 7.24. The molecule has 128 valence electrons. The molecule has 3 heterocycles. The highest BCUT2D eigenvalue weighted by Gasteiger charge is 2.50. The fraction of sp³-hybridized carbons (Fsp3) is 0.526. The molecule has 2 aliphatic heterocycles. The molecule has 1 aromatic carbocycles. The maximum Gasteiger partial charge on any atom is 0.254 e. The lowest BCUT2D eigenvalue weighted by Gasteiger charge is -2.47. The average Bonchev–Trinajstić information content (AvgIpc) is 2.98. The van der Waals surface area contributed by atoms with E-state index in [2.05, 4.69) is 17.1 Å². The lowest BCUT2D eigenvalue weighted by molar-refractivity contribution is -0.171. The first-order valence-electron chi connectivity index (χ1n) is 8.79. The monoisotopic (exact) mass is 328 g/mol. The first kappa shape index (κ1) is 15.7. The van der Waals surface area contributed by atoms with Crippen LogP contribution in [0.3, 0.4) is 0 Å². The molecule has 3 unspecified atom stereocenters. The highest BCUT2D eigenvalue weighted by Crippen LogP contribution is 2.40. The molecule has 2 bridgehead atoms. The van der Waals surface area contributed by atoms with Gasteiger partial charge >= 0.3 is 0 Å². The van der Waals surface area contributed by atoms with Gasteiger partial charge in [0.05, 0.1) is 6.10 Å².